The third kappa shape index (κ3) is 8.15. The van der Waals surface area contributed by atoms with Crippen LogP contribution in [0.2, 0.25) is 0 Å². The molecule has 1 amide bonds. The summed E-state index contributed by atoms with van der Waals surface area (Å²) in [6, 6.07) is 13.3. The number of benzene rings is 2. The first-order valence-corrected chi connectivity index (χ1v) is 14.5. The van der Waals surface area contributed by atoms with Gasteiger partial charge in [0.1, 0.15) is 18.0 Å². The molecule has 0 radical (unpaired) electrons. The van der Waals surface area contributed by atoms with E-state index in [2.05, 4.69) is 35.7 Å². The lowest BCUT2D eigenvalue weighted by Crippen LogP contribution is -2.46. The number of aromatic nitrogens is 4. The lowest BCUT2D eigenvalue weighted by atomic mass is 10.1. The van der Waals surface area contributed by atoms with Gasteiger partial charge in [0.25, 0.3) is 5.91 Å². The van der Waals surface area contributed by atoms with Crippen LogP contribution in [0.5, 0.6) is 0 Å². The molecule has 3 heterocycles. The number of methoxy groups -OCH3 is 1. The van der Waals surface area contributed by atoms with Crippen molar-refractivity contribution in [1.82, 2.24) is 29.5 Å². The maximum Gasteiger partial charge on any atom is 0.416 e. The fourth-order valence-corrected chi connectivity index (χ4v) is 5.00. The molecule has 1 aliphatic heterocycles. The summed E-state index contributed by atoms with van der Waals surface area (Å²) in [6.45, 7) is 7.89. The summed E-state index contributed by atoms with van der Waals surface area (Å²) in [6.07, 6.45) is -3.09. The van der Waals surface area contributed by atoms with Crippen molar-refractivity contribution in [3.05, 3.63) is 83.3 Å². The van der Waals surface area contributed by atoms with E-state index in [-0.39, 0.29) is 5.56 Å². The summed E-state index contributed by atoms with van der Waals surface area (Å²) in [4.78, 5) is 26.3. The van der Waals surface area contributed by atoms with Crippen LogP contribution in [0.4, 0.5) is 36.2 Å². The number of carbonyl (C=O) groups is 1. The number of anilines is 4. The van der Waals surface area contributed by atoms with Gasteiger partial charge in [0.15, 0.2) is 5.82 Å². The molecule has 45 heavy (non-hydrogen) atoms. The number of hydrogen-bond donors (Lipinski definition) is 3. The van der Waals surface area contributed by atoms with Gasteiger partial charge in [0.05, 0.1) is 17.9 Å². The molecule has 0 bridgehead atoms. The zero-order valence-electron chi connectivity index (χ0n) is 25.4. The molecule has 0 aliphatic carbocycles. The molecule has 4 aromatic rings. The van der Waals surface area contributed by atoms with Crippen LogP contribution in [0, 0.1) is 6.92 Å². The maximum absolute atomic E-state index is 13.2. The van der Waals surface area contributed by atoms with E-state index in [0.29, 0.717) is 42.0 Å². The molecule has 1 fully saturated rings. The SMILES string of the molecule is CNc1cc(-n2nc(CN3CCN(CCOC)CC3)cc2Nc2cc(NC(=O)c3cccc(C(F)(F)F)c3)ccc2C)ncn1. The van der Waals surface area contributed by atoms with Crippen molar-refractivity contribution in [3.63, 3.8) is 0 Å². The number of ether oxygens (including phenoxy) is 1. The lowest BCUT2D eigenvalue weighted by Gasteiger charge is -2.34. The maximum atomic E-state index is 13.2. The number of piperazine rings is 1. The molecule has 14 heteroatoms. The minimum absolute atomic E-state index is 0.0914. The molecular formula is C31H36F3N9O2. The number of nitrogens with zero attached hydrogens (tertiary/aromatic N) is 6. The molecule has 1 saturated heterocycles. The van der Waals surface area contributed by atoms with Crippen molar-refractivity contribution in [2.75, 3.05) is 69.4 Å². The van der Waals surface area contributed by atoms with Crippen molar-refractivity contribution in [1.29, 1.82) is 0 Å². The van der Waals surface area contributed by atoms with E-state index < -0.39 is 17.6 Å². The van der Waals surface area contributed by atoms with Gasteiger partial charge in [0.2, 0.25) is 0 Å². The number of hydrogen-bond acceptors (Lipinski definition) is 9. The highest BCUT2D eigenvalue weighted by Gasteiger charge is 2.31. The highest BCUT2D eigenvalue weighted by molar-refractivity contribution is 6.04. The van der Waals surface area contributed by atoms with Crippen molar-refractivity contribution < 1.29 is 22.7 Å². The lowest BCUT2D eigenvalue weighted by molar-refractivity contribution is -0.137. The van der Waals surface area contributed by atoms with Gasteiger partial charge in [-0.3, -0.25) is 14.6 Å². The van der Waals surface area contributed by atoms with Crippen LogP contribution in [0.25, 0.3) is 5.82 Å². The Bertz CT molecular complexity index is 1620. The number of aryl methyl sites for hydroxylation is 1. The minimum Gasteiger partial charge on any atom is -0.383 e. The Kier molecular flexibility index (Phi) is 9.96. The van der Waals surface area contributed by atoms with Gasteiger partial charge >= 0.3 is 6.18 Å². The summed E-state index contributed by atoms with van der Waals surface area (Å²) in [5, 5.41) is 14.0. The Morgan fingerprint density at radius 2 is 1.78 bits per heavy atom. The number of halogens is 3. The predicted molar refractivity (Wildman–Crippen MR) is 166 cm³/mol. The van der Waals surface area contributed by atoms with Gasteiger partial charge in [-0.05, 0) is 42.8 Å². The van der Waals surface area contributed by atoms with Gasteiger partial charge in [0, 0.05) is 82.5 Å². The molecule has 238 valence electrons. The summed E-state index contributed by atoms with van der Waals surface area (Å²) in [5.74, 6) is 1.19. The molecule has 11 nitrogen and oxygen atoms in total. The molecule has 2 aromatic carbocycles. The highest BCUT2D eigenvalue weighted by atomic mass is 19.4. The first-order valence-electron chi connectivity index (χ1n) is 14.5. The molecule has 5 rings (SSSR count). The van der Waals surface area contributed by atoms with Gasteiger partial charge in [-0.1, -0.05) is 12.1 Å². The average molecular weight is 624 g/mol. The summed E-state index contributed by atoms with van der Waals surface area (Å²) in [7, 11) is 3.48. The summed E-state index contributed by atoms with van der Waals surface area (Å²) in [5.41, 5.74) is 1.85. The third-order valence-electron chi connectivity index (χ3n) is 7.56. The number of alkyl halides is 3. The van der Waals surface area contributed by atoms with Crippen molar-refractivity contribution in [2.45, 2.75) is 19.6 Å². The molecule has 1 aliphatic rings. The Hall–Kier alpha value is -4.53. The molecule has 0 atom stereocenters. The smallest absolute Gasteiger partial charge is 0.383 e. The minimum atomic E-state index is -4.55. The van der Waals surface area contributed by atoms with Gasteiger partial charge in [-0.25, -0.2) is 9.97 Å². The average Bonchev–Trinajstić information content (AvgIpc) is 3.43. The summed E-state index contributed by atoms with van der Waals surface area (Å²) < 4.78 is 46.5. The van der Waals surface area contributed by atoms with Crippen molar-refractivity contribution in [2.24, 2.45) is 0 Å². The molecule has 3 N–H and O–H groups in total. The number of nitrogens with one attached hydrogen (secondary N) is 3. The van der Waals surface area contributed by atoms with E-state index in [0.717, 1.165) is 56.1 Å². The molecular weight excluding hydrogens is 587 g/mol. The first kappa shape index (κ1) is 31.9. The number of rotatable bonds is 11. The van der Waals surface area contributed by atoms with Crippen LogP contribution in [-0.2, 0) is 17.5 Å². The van der Waals surface area contributed by atoms with Crippen LogP contribution >= 0.6 is 0 Å². The normalized spacial score (nSPS) is 14.4. The van der Waals surface area contributed by atoms with Crippen LogP contribution in [-0.4, -0.2) is 88.9 Å². The van der Waals surface area contributed by atoms with Gasteiger partial charge in [-0.15, -0.1) is 0 Å². The van der Waals surface area contributed by atoms with Gasteiger partial charge in [-0.2, -0.15) is 23.0 Å². The Morgan fingerprint density at radius 3 is 2.51 bits per heavy atom. The van der Waals surface area contributed by atoms with E-state index in [4.69, 9.17) is 9.84 Å². The number of carbonyl (C=O) groups excluding carboxylic acids is 1. The zero-order chi connectivity index (χ0) is 32.0. The topological polar surface area (TPSA) is 112 Å². The fourth-order valence-electron chi connectivity index (χ4n) is 5.00. The van der Waals surface area contributed by atoms with E-state index in [9.17, 15) is 18.0 Å². The molecule has 0 unspecified atom stereocenters. The van der Waals surface area contributed by atoms with Gasteiger partial charge < -0.3 is 20.7 Å². The van der Waals surface area contributed by atoms with Crippen LogP contribution in [0.15, 0.2) is 60.9 Å². The highest BCUT2D eigenvalue weighted by Crippen LogP contribution is 2.30. The third-order valence-corrected chi connectivity index (χ3v) is 7.56. The molecule has 0 spiro atoms. The predicted octanol–water partition coefficient (Wildman–Crippen LogP) is 4.79. The largest absolute Gasteiger partial charge is 0.416 e. The van der Waals surface area contributed by atoms with Crippen molar-refractivity contribution >= 4 is 28.9 Å². The quantitative estimate of drug-likeness (QED) is 0.217. The Balaban J connectivity index is 1.37. The second kappa shape index (κ2) is 14.1. The first-order chi connectivity index (χ1) is 21.6. The zero-order valence-corrected chi connectivity index (χ0v) is 25.4. The standard InChI is InChI=1S/C31H36F3N9O2/c1-21-7-8-24(38-30(44)22-5-4-6-23(15-22)31(32,33)34)16-26(21)39-29-17-25(19-42-11-9-41(10-12-42)13-14-45-3)40-43(29)28-18-27(35-2)36-20-37-28/h4-8,15-18,20,39H,9-14,19H2,1-3H3,(H,38,44)(H,35,36,37). The van der Waals surface area contributed by atoms with Crippen LogP contribution in [0.1, 0.15) is 27.2 Å². The van der Waals surface area contributed by atoms with E-state index in [1.54, 1.807) is 37.0 Å². The Labute approximate surface area is 259 Å². The van der Waals surface area contributed by atoms with Crippen LogP contribution < -0.4 is 16.0 Å². The fraction of sp³-hybridized carbons (Fsp3) is 0.355. The van der Waals surface area contributed by atoms with Crippen molar-refractivity contribution in [3.8, 4) is 5.82 Å². The molecule has 2 aromatic heterocycles. The second-order valence-electron chi connectivity index (χ2n) is 10.7. The second-order valence-corrected chi connectivity index (χ2v) is 10.7. The number of amides is 1. The van der Waals surface area contributed by atoms with E-state index in [1.807, 2.05) is 19.1 Å². The van der Waals surface area contributed by atoms with E-state index >= 15 is 0 Å². The monoisotopic (exact) mass is 623 g/mol. The van der Waals surface area contributed by atoms with E-state index in [1.165, 1.54) is 18.5 Å². The molecule has 0 saturated carbocycles. The summed E-state index contributed by atoms with van der Waals surface area (Å²) >= 11 is 0. The van der Waals surface area contributed by atoms with Crippen LogP contribution in [0.3, 0.4) is 0 Å². The Morgan fingerprint density at radius 1 is 1.00 bits per heavy atom.